The van der Waals surface area contributed by atoms with E-state index >= 15 is 0 Å². The lowest BCUT2D eigenvalue weighted by Gasteiger charge is -2.27. The maximum atomic E-state index is 12.9. The average molecular weight is 342 g/mol. The van der Waals surface area contributed by atoms with Gasteiger partial charge in [0.2, 0.25) is 5.91 Å². The molecule has 128 valence electrons. The number of amides is 1. The molecule has 2 rings (SSSR count). The third kappa shape index (κ3) is 5.28. The van der Waals surface area contributed by atoms with Crippen molar-refractivity contribution in [2.24, 2.45) is 5.73 Å². The van der Waals surface area contributed by atoms with E-state index in [0.717, 1.165) is 37.8 Å². The molecule has 0 radical (unpaired) electrons. The molecule has 2 N–H and O–H groups in total. The standard InChI is InChI=1S/C16H23FN2O3S/c17-13-6-8-15(9-7-13)23(21,22)11-3-10-19(12-16(18)20)14-4-1-2-5-14/h6-9,14H,1-5,10-12H2,(H2,18,20). The largest absolute Gasteiger partial charge is 0.369 e. The Bertz CT molecular complexity index is 625. The van der Waals surface area contributed by atoms with Crippen LogP contribution in [-0.2, 0) is 14.6 Å². The fourth-order valence-electron chi connectivity index (χ4n) is 3.08. The van der Waals surface area contributed by atoms with Crippen molar-refractivity contribution in [1.29, 1.82) is 0 Å². The first kappa shape index (κ1) is 17.9. The van der Waals surface area contributed by atoms with Gasteiger partial charge in [-0.15, -0.1) is 0 Å². The Hall–Kier alpha value is -1.47. The molecule has 0 aliphatic heterocycles. The van der Waals surface area contributed by atoms with Crippen molar-refractivity contribution in [3.05, 3.63) is 30.1 Å². The van der Waals surface area contributed by atoms with E-state index < -0.39 is 21.6 Å². The van der Waals surface area contributed by atoms with Crippen LogP contribution in [0, 0.1) is 5.82 Å². The molecule has 0 unspecified atom stereocenters. The average Bonchev–Trinajstić information content (AvgIpc) is 3.00. The van der Waals surface area contributed by atoms with Gasteiger partial charge in [-0.3, -0.25) is 9.69 Å². The highest BCUT2D eigenvalue weighted by atomic mass is 32.2. The maximum Gasteiger partial charge on any atom is 0.231 e. The number of hydrogen-bond donors (Lipinski definition) is 1. The third-order valence-electron chi connectivity index (χ3n) is 4.23. The Morgan fingerprint density at radius 1 is 1.22 bits per heavy atom. The number of benzene rings is 1. The fourth-order valence-corrected chi connectivity index (χ4v) is 4.37. The molecule has 1 aliphatic carbocycles. The highest BCUT2D eigenvalue weighted by Crippen LogP contribution is 2.23. The van der Waals surface area contributed by atoms with Gasteiger partial charge in [-0.25, -0.2) is 12.8 Å². The van der Waals surface area contributed by atoms with Crippen LogP contribution in [0.2, 0.25) is 0 Å². The molecule has 0 aromatic heterocycles. The Balaban J connectivity index is 1.92. The zero-order chi connectivity index (χ0) is 16.9. The summed E-state index contributed by atoms with van der Waals surface area (Å²) >= 11 is 0. The summed E-state index contributed by atoms with van der Waals surface area (Å²) < 4.78 is 37.4. The van der Waals surface area contributed by atoms with Crippen LogP contribution in [0.25, 0.3) is 0 Å². The second-order valence-corrected chi connectivity index (χ2v) is 8.11. The molecule has 5 nitrogen and oxygen atoms in total. The lowest BCUT2D eigenvalue weighted by Crippen LogP contribution is -2.41. The molecule has 23 heavy (non-hydrogen) atoms. The van der Waals surface area contributed by atoms with Crippen molar-refractivity contribution in [2.75, 3.05) is 18.8 Å². The van der Waals surface area contributed by atoms with E-state index in [0.29, 0.717) is 19.0 Å². The number of nitrogens with two attached hydrogens (primary N) is 1. The fraction of sp³-hybridized carbons (Fsp3) is 0.562. The van der Waals surface area contributed by atoms with Crippen LogP contribution in [0.5, 0.6) is 0 Å². The minimum atomic E-state index is -3.43. The zero-order valence-corrected chi connectivity index (χ0v) is 13.9. The minimum absolute atomic E-state index is 0.0272. The van der Waals surface area contributed by atoms with Crippen molar-refractivity contribution in [1.82, 2.24) is 4.90 Å². The topological polar surface area (TPSA) is 80.5 Å². The van der Waals surface area contributed by atoms with Gasteiger partial charge in [0.05, 0.1) is 17.2 Å². The number of carbonyl (C=O) groups is 1. The van der Waals surface area contributed by atoms with E-state index in [1.165, 1.54) is 12.1 Å². The summed E-state index contributed by atoms with van der Waals surface area (Å²) in [6.45, 7) is 0.690. The second-order valence-electron chi connectivity index (χ2n) is 6.00. The predicted molar refractivity (Wildman–Crippen MR) is 86.1 cm³/mol. The Labute approximate surface area is 136 Å². The third-order valence-corrected chi connectivity index (χ3v) is 6.05. The summed E-state index contributed by atoms with van der Waals surface area (Å²) in [7, 11) is -3.43. The smallest absolute Gasteiger partial charge is 0.231 e. The van der Waals surface area contributed by atoms with E-state index in [1.807, 2.05) is 4.90 Å². The Morgan fingerprint density at radius 3 is 2.39 bits per heavy atom. The number of primary amides is 1. The molecule has 1 aromatic carbocycles. The van der Waals surface area contributed by atoms with Gasteiger partial charge in [0, 0.05) is 6.04 Å². The molecular weight excluding hydrogens is 319 g/mol. The summed E-state index contributed by atoms with van der Waals surface area (Å²) in [5, 5.41) is 0. The molecule has 1 aromatic rings. The van der Waals surface area contributed by atoms with Crippen LogP contribution in [0.1, 0.15) is 32.1 Å². The van der Waals surface area contributed by atoms with E-state index in [2.05, 4.69) is 0 Å². The molecule has 1 saturated carbocycles. The molecule has 1 amide bonds. The molecular formula is C16H23FN2O3S. The van der Waals surface area contributed by atoms with Gasteiger partial charge in [0.15, 0.2) is 9.84 Å². The summed E-state index contributed by atoms with van der Waals surface area (Å²) in [6.07, 6.45) is 4.74. The van der Waals surface area contributed by atoms with Crippen molar-refractivity contribution < 1.29 is 17.6 Å². The van der Waals surface area contributed by atoms with Gasteiger partial charge in [-0.2, -0.15) is 0 Å². The molecule has 0 spiro atoms. The van der Waals surface area contributed by atoms with Crippen LogP contribution in [0.15, 0.2) is 29.2 Å². The molecule has 0 atom stereocenters. The maximum absolute atomic E-state index is 12.9. The summed E-state index contributed by atoms with van der Waals surface area (Å²) in [5.41, 5.74) is 5.29. The number of sulfone groups is 1. The Morgan fingerprint density at radius 2 is 1.83 bits per heavy atom. The molecule has 7 heteroatoms. The first-order chi connectivity index (χ1) is 10.9. The minimum Gasteiger partial charge on any atom is -0.369 e. The summed E-state index contributed by atoms with van der Waals surface area (Å²) in [4.78, 5) is 13.3. The molecule has 0 heterocycles. The SMILES string of the molecule is NC(=O)CN(CCCS(=O)(=O)c1ccc(F)cc1)C1CCCC1. The first-order valence-corrected chi connectivity index (χ1v) is 9.54. The number of carbonyl (C=O) groups excluding carboxylic acids is 1. The summed E-state index contributed by atoms with van der Waals surface area (Å²) in [5.74, 6) is -0.878. The van der Waals surface area contributed by atoms with E-state index in [4.69, 9.17) is 5.73 Å². The van der Waals surface area contributed by atoms with Gasteiger partial charge < -0.3 is 5.73 Å². The van der Waals surface area contributed by atoms with E-state index in [9.17, 15) is 17.6 Å². The quantitative estimate of drug-likeness (QED) is 0.730. The van der Waals surface area contributed by atoms with Gasteiger partial charge in [0.25, 0.3) is 0 Å². The summed E-state index contributed by atoms with van der Waals surface area (Å²) in [6, 6.07) is 5.16. The van der Waals surface area contributed by atoms with Crippen LogP contribution in [0.4, 0.5) is 4.39 Å². The highest BCUT2D eigenvalue weighted by Gasteiger charge is 2.24. The second kappa shape index (κ2) is 7.88. The van der Waals surface area contributed by atoms with Crippen LogP contribution < -0.4 is 5.73 Å². The lowest BCUT2D eigenvalue weighted by molar-refractivity contribution is -0.119. The molecule has 0 saturated heterocycles. The molecule has 1 fully saturated rings. The van der Waals surface area contributed by atoms with Crippen LogP contribution >= 0.6 is 0 Å². The first-order valence-electron chi connectivity index (χ1n) is 7.89. The van der Waals surface area contributed by atoms with Crippen molar-refractivity contribution in [3.63, 3.8) is 0 Å². The normalized spacial score (nSPS) is 16.1. The number of rotatable bonds is 8. The Kier molecular flexibility index (Phi) is 6.12. The number of halogens is 1. The highest BCUT2D eigenvalue weighted by molar-refractivity contribution is 7.91. The van der Waals surface area contributed by atoms with Crippen LogP contribution in [0.3, 0.4) is 0 Å². The van der Waals surface area contributed by atoms with Crippen LogP contribution in [-0.4, -0.2) is 44.1 Å². The van der Waals surface area contributed by atoms with Gasteiger partial charge >= 0.3 is 0 Å². The molecule has 0 bridgehead atoms. The van der Waals surface area contributed by atoms with Crippen molar-refractivity contribution >= 4 is 15.7 Å². The lowest BCUT2D eigenvalue weighted by atomic mass is 10.2. The number of nitrogens with zero attached hydrogens (tertiary/aromatic N) is 1. The predicted octanol–water partition coefficient (Wildman–Crippen LogP) is 1.72. The van der Waals surface area contributed by atoms with Crippen molar-refractivity contribution in [3.8, 4) is 0 Å². The van der Waals surface area contributed by atoms with E-state index in [-0.39, 0.29) is 17.2 Å². The van der Waals surface area contributed by atoms with E-state index in [1.54, 1.807) is 0 Å². The van der Waals surface area contributed by atoms with Gasteiger partial charge in [-0.05, 0) is 50.1 Å². The van der Waals surface area contributed by atoms with Gasteiger partial charge in [-0.1, -0.05) is 12.8 Å². The monoisotopic (exact) mass is 342 g/mol. The molecule has 1 aliphatic rings. The van der Waals surface area contributed by atoms with Gasteiger partial charge in [0.1, 0.15) is 5.82 Å². The number of hydrogen-bond acceptors (Lipinski definition) is 4. The van der Waals surface area contributed by atoms with Crippen molar-refractivity contribution in [2.45, 2.75) is 43.0 Å². The zero-order valence-electron chi connectivity index (χ0n) is 13.1.